The van der Waals surface area contributed by atoms with Gasteiger partial charge in [-0.3, -0.25) is 0 Å². The Balaban J connectivity index is 2.47. The van der Waals surface area contributed by atoms with Crippen molar-refractivity contribution in [3.63, 3.8) is 0 Å². The lowest BCUT2D eigenvalue weighted by molar-refractivity contribution is 0.00409. The van der Waals surface area contributed by atoms with Gasteiger partial charge in [-0.05, 0) is 30.5 Å². The maximum Gasteiger partial charge on any atom is 0.0991 e. The largest absolute Gasteiger partial charge is 0.301 e. The van der Waals surface area contributed by atoms with Gasteiger partial charge < -0.3 is 4.84 Å². The molecule has 0 amide bonds. The monoisotopic (exact) mass is 218 g/mol. The molecule has 1 aromatic rings. The summed E-state index contributed by atoms with van der Waals surface area (Å²) >= 11 is 0. The number of hydrogen-bond acceptors (Lipinski definition) is 3. The zero-order valence-electron chi connectivity index (χ0n) is 10.0. The molecule has 1 aromatic carbocycles. The zero-order valence-corrected chi connectivity index (χ0v) is 10.0. The van der Waals surface area contributed by atoms with E-state index in [0.29, 0.717) is 18.1 Å². The van der Waals surface area contributed by atoms with E-state index in [0.717, 1.165) is 5.56 Å². The van der Waals surface area contributed by atoms with Gasteiger partial charge in [0.15, 0.2) is 0 Å². The second kappa shape index (κ2) is 6.26. The molecule has 86 valence electrons. The van der Waals surface area contributed by atoms with Gasteiger partial charge in [0.25, 0.3) is 0 Å². The van der Waals surface area contributed by atoms with E-state index in [1.54, 1.807) is 0 Å². The van der Waals surface area contributed by atoms with Crippen LogP contribution in [0.4, 0.5) is 0 Å². The summed E-state index contributed by atoms with van der Waals surface area (Å²) in [7, 11) is 0. The Bertz CT molecular complexity index is 351. The van der Waals surface area contributed by atoms with Crippen molar-refractivity contribution < 1.29 is 4.84 Å². The summed E-state index contributed by atoms with van der Waals surface area (Å²) in [6.07, 6.45) is 0. The van der Waals surface area contributed by atoms with Crippen molar-refractivity contribution in [2.45, 2.75) is 26.8 Å². The van der Waals surface area contributed by atoms with Crippen LogP contribution in [-0.2, 0) is 4.84 Å². The van der Waals surface area contributed by atoms with E-state index in [9.17, 15) is 0 Å². The first kappa shape index (κ1) is 12.7. The highest BCUT2D eigenvalue weighted by molar-refractivity contribution is 5.32. The van der Waals surface area contributed by atoms with Crippen LogP contribution in [0.3, 0.4) is 0 Å². The summed E-state index contributed by atoms with van der Waals surface area (Å²) in [6.45, 7) is 6.93. The van der Waals surface area contributed by atoms with E-state index in [1.165, 1.54) is 0 Å². The Morgan fingerprint density at radius 1 is 1.25 bits per heavy atom. The Kier molecular flexibility index (Phi) is 4.97. The van der Waals surface area contributed by atoms with E-state index in [-0.39, 0.29) is 6.04 Å². The molecule has 16 heavy (non-hydrogen) atoms. The molecular weight excluding hydrogens is 200 g/mol. The van der Waals surface area contributed by atoms with Crippen molar-refractivity contribution >= 4 is 0 Å². The average molecular weight is 218 g/mol. The van der Waals surface area contributed by atoms with Gasteiger partial charge in [0.2, 0.25) is 0 Å². The van der Waals surface area contributed by atoms with E-state index in [1.807, 2.05) is 31.2 Å². The van der Waals surface area contributed by atoms with E-state index >= 15 is 0 Å². The summed E-state index contributed by atoms with van der Waals surface area (Å²) in [5.41, 5.74) is 4.78. The van der Waals surface area contributed by atoms with Crippen LogP contribution in [0.25, 0.3) is 0 Å². The number of hydroxylamine groups is 1. The third-order valence-corrected chi connectivity index (χ3v) is 2.22. The molecule has 0 heterocycles. The molecule has 0 aromatic heterocycles. The molecule has 0 fully saturated rings. The SMILES string of the molecule is CC(C)CONC(C)c1ccc(C#N)cc1. The van der Waals surface area contributed by atoms with Crippen LogP contribution in [0.5, 0.6) is 0 Å². The molecule has 1 N–H and O–H groups in total. The van der Waals surface area contributed by atoms with Crippen molar-refractivity contribution in [3.05, 3.63) is 35.4 Å². The normalized spacial score (nSPS) is 12.4. The summed E-state index contributed by atoms with van der Waals surface area (Å²) in [5, 5.41) is 8.68. The van der Waals surface area contributed by atoms with E-state index in [4.69, 9.17) is 10.1 Å². The second-order valence-electron chi connectivity index (χ2n) is 4.28. The number of rotatable bonds is 5. The molecule has 0 spiro atoms. The minimum atomic E-state index is 0.131. The lowest BCUT2D eigenvalue weighted by atomic mass is 10.1. The third kappa shape index (κ3) is 4.01. The summed E-state index contributed by atoms with van der Waals surface area (Å²) in [6, 6.07) is 9.74. The maximum absolute atomic E-state index is 8.68. The number of nitriles is 1. The predicted octanol–water partition coefficient (Wildman–Crippen LogP) is 2.80. The first-order chi connectivity index (χ1) is 7.63. The molecule has 0 radical (unpaired) electrons. The minimum absolute atomic E-state index is 0.131. The Labute approximate surface area is 97.0 Å². The number of benzene rings is 1. The molecule has 3 nitrogen and oxygen atoms in total. The van der Waals surface area contributed by atoms with Gasteiger partial charge in [-0.15, -0.1) is 0 Å². The standard InChI is InChI=1S/C13H18N2O/c1-10(2)9-16-15-11(3)13-6-4-12(8-14)5-7-13/h4-7,10-11,15H,9H2,1-3H3. The van der Waals surface area contributed by atoms with Crippen molar-refractivity contribution in [2.24, 2.45) is 5.92 Å². The van der Waals surface area contributed by atoms with Crippen LogP contribution in [0.2, 0.25) is 0 Å². The van der Waals surface area contributed by atoms with Crippen LogP contribution < -0.4 is 5.48 Å². The average Bonchev–Trinajstić information content (AvgIpc) is 2.28. The number of nitrogens with one attached hydrogen (secondary N) is 1. The number of hydrogen-bond donors (Lipinski definition) is 1. The lowest BCUT2D eigenvalue weighted by Gasteiger charge is -2.15. The fourth-order valence-corrected chi connectivity index (χ4v) is 1.25. The third-order valence-electron chi connectivity index (χ3n) is 2.22. The molecule has 0 saturated heterocycles. The molecule has 0 saturated carbocycles. The van der Waals surface area contributed by atoms with Gasteiger partial charge in [0.1, 0.15) is 0 Å². The second-order valence-corrected chi connectivity index (χ2v) is 4.28. The van der Waals surface area contributed by atoms with Crippen LogP contribution >= 0.6 is 0 Å². The Morgan fingerprint density at radius 2 is 1.88 bits per heavy atom. The Morgan fingerprint density at radius 3 is 2.38 bits per heavy atom. The predicted molar refractivity (Wildman–Crippen MR) is 63.5 cm³/mol. The van der Waals surface area contributed by atoms with Gasteiger partial charge in [-0.2, -0.15) is 10.7 Å². The molecule has 0 aliphatic heterocycles. The molecule has 0 aliphatic rings. The molecule has 1 rings (SSSR count). The first-order valence-electron chi connectivity index (χ1n) is 5.51. The molecular formula is C13H18N2O. The highest BCUT2D eigenvalue weighted by atomic mass is 16.6. The van der Waals surface area contributed by atoms with Crippen LogP contribution in [0, 0.1) is 17.2 Å². The van der Waals surface area contributed by atoms with Crippen LogP contribution in [-0.4, -0.2) is 6.61 Å². The zero-order chi connectivity index (χ0) is 12.0. The van der Waals surface area contributed by atoms with Gasteiger partial charge in [0, 0.05) is 0 Å². The fraction of sp³-hybridized carbons (Fsp3) is 0.462. The quantitative estimate of drug-likeness (QED) is 0.773. The smallest absolute Gasteiger partial charge is 0.0991 e. The van der Waals surface area contributed by atoms with Crippen LogP contribution in [0.1, 0.15) is 37.9 Å². The van der Waals surface area contributed by atoms with Crippen molar-refractivity contribution in [3.8, 4) is 6.07 Å². The topological polar surface area (TPSA) is 45.0 Å². The van der Waals surface area contributed by atoms with Crippen molar-refractivity contribution in [1.82, 2.24) is 5.48 Å². The van der Waals surface area contributed by atoms with Gasteiger partial charge in [-0.1, -0.05) is 26.0 Å². The van der Waals surface area contributed by atoms with Gasteiger partial charge in [-0.25, -0.2) is 0 Å². The van der Waals surface area contributed by atoms with E-state index in [2.05, 4.69) is 25.4 Å². The maximum atomic E-state index is 8.68. The van der Waals surface area contributed by atoms with Crippen molar-refractivity contribution in [2.75, 3.05) is 6.61 Å². The molecule has 1 unspecified atom stereocenters. The Hall–Kier alpha value is -1.37. The minimum Gasteiger partial charge on any atom is -0.301 e. The number of nitrogens with zero attached hydrogens (tertiary/aromatic N) is 1. The van der Waals surface area contributed by atoms with E-state index < -0.39 is 0 Å². The van der Waals surface area contributed by atoms with Gasteiger partial charge >= 0.3 is 0 Å². The summed E-state index contributed by atoms with van der Waals surface area (Å²) < 4.78 is 0. The summed E-state index contributed by atoms with van der Waals surface area (Å²) in [5.74, 6) is 0.515. The highest BCUT2D eigenvalue weighted by Gasteiger charge is 2.05. The fourth-order valence-electron chi connectivity index (χ4n) is 1.25. The first-order valence-corrected chi connectivity index (χ1v) is 5.51. The lowest BCUT2D eigenvalue weighted by Crippen LogP contribution is -2.21. The molecule has 3 heteroatoms. The van der Waals surface area contributed by atoms with Crippen molar-refractivity contribution in [1.29, 1.82) is 5.26 Å². The van der Waals surface area contributed by atoms with Crippen LogP contribution in [0.15, 0.2) is 24.3 Å². The molecule has 1 atom stereocenters. The van der Waals surface area contributed by atoms with Gasteiger partial charge in [0.05, 0.1) is 24.3 Å². The summed E-state index contributed by atoms with van der Waals surface area (Å²) in [4.78, 5) is 5.35. The molecule has 0 aliphatic carbocycles. The highest BCUT2D eigenvalue weighted by Crippen LogP contribution is 2.13. The molecule has 0 bridgehead atoms.